The second-order valence-electron chi connectivity index (χ2n) is 5.21. The fourth-order valence-corrected chi connectivity index (χ4v) is 2.39. The number of hydrogen-bond donors (Lipinski definition) is 2. The Morgan fingerprint density at radius 2 is 1.75 bits per heavy atom. The maximum Gasteiger partial charge on any atom is 0.329 e. The number of carbonyl (C=O) groups excluding carboxylic acids is 2. The fourth-order valence-electron chi connectivity index (χ4n) is 2.39. The van der Waals surface area contributed by atoms with Gasteiger partial charge >= 0.3 is 5.97 Å². The van der Waals surface area contributed by atoms with Crippen LogP contribution in [0, 0.1) is 0 Å². The normalized spacial score (nSPS) is 16.1. The van der Waals surface area contributed by atoms with E-state index in [-0.39, 0.29) is 18.2 Å². The van der Waals surface area contributed by atoms with Gasteiger partial charge in [0.15, 0.2) is 0 Å². The number of carboxylic acid groups (broad SMARTS) is 1. The number of nitrogens with one attached hydrogen (secondary N) is 1. The molecule has 1 fully saturated rings. The molecule has 0 heterocycles. The fraction of sp³-hybridized carbons (Fsp3) is 0.786. The Labute approximate surface area is 119 Å². The number of aliphatic carboxylic acids is 1. The summed E-state index contributed by atoms with van der Waals surface area (Å²) in [6, 6.07) is 0. The van der Waals surface area contributed by atoms with E-state index in [4.69, 9.17) is 5.11 Å². The first-order valence-corrected chi connectivity index (χ1v) is 7.27. The summed E-state index contributed by atoms with van der Waals surface area (Å²) < 4.78 is 0. The van der Waals surface area contributed by atoms with E-state index in [1.807, 2.05) is 13.8 Å². The van der Waals surface area contributed by atoms with Crippen LogP contribution in [-0.4, -0.2) is 46.4 Å². The Kier molecular flexibility index (Phi) is 5.98. The molecule has 1 rings (SSSR count). The molecule has 0 aromatic rings. The van der Waals surface area contributed by atoms with Crippen molar-refractivity contribution in [1.29, 1.82) is 0 Å². The van der Waals surface area contributed by atoms with Crippen LogP contribution in [-0.2, 0) is 14.4 Å². The lowest BCUT2D eigenvalue weighted by molar-refractivity contribution is -0.151. The van der Waals surface area contributed by atoms with Gasteiger partial charge in [0, 0.05) is 25.9 Å². The third kappa shape index (κ3) is 3.95. The van der Waals surface area contributed by atoms with Crippen LogP contribution in [0.25, 0.3) is 0 Å². The summed E-state index contributed by atoms with van der Waals surface area (Å²) in [6.07, 6.45) is 2.79. The number of hydrogen-bond acceptors (Lipinski definition) is 3. The van der Waals surface area contributed by atoms with Crippen molar-refractivity contribution in [1.82, 2.24) is 10.2 Å². The van der Waals surface area contributed by atoms with Gasteiger partial charge in [-0.3, -0.25) is 9.59 Å². The van der Waals surface area contributed by atoms with Crippen LogP contribution in [0.1, 0.15) is 52.4 Å². The van der Waals surface area contributed by atoms with Crippen LogP contribution in [0.3, 0.4) is 0 Å². The first kappa shape index (κ1) is 16.5. The van der Waals surface area contributed by atoms with E-state index in [9.17, 15) is 14.4 Å². The van der Waals surface area contributed by atoms with Gasteiger partial charge in [0.1, 0.15) is 5.54 Å². The molecule has 114 valence electrons. The molecule has 0 atom stereocenters. The zero-order valence-corrected chi connectivity index (χ0v) is 12.3. The van der Waals surface area contributed by atoms with Crippen LogP contribution in [0.5, 0.6) is 0 Å². The summed E-state index contributed by atoms with van der Waals surface area (Å²) in [5.41, 5.74) is -1.06. The Hall–Kier alpha value is -1.59. The minimum atomic E-state index is -1.06. The van der Waals surface area contributed by atoms with Gasteiger partial charge in [-0.2, -0.15) is 0 Å². The highest BCUT2D eigenvalue weighted by molar-refractivity contribution is 5.88. The van der Waals surface area contributed by atoms with Crippen LogP contribution < -0.4 is 5.32 Å². The van der Waals surface area contributed by atoms with Gasteiger partial charge in [0.2, 0.25) is 11.8 Å². The number of amides is 2. The average molecular weight is 284 g/mol. The molecule has 6 nitrogen and oxygen atoms in total. The molecule has 1 aliphatic rings. The Morgan fingerprint density at radius 1 is 1.15 bits per heavy atom. The van der Waals surface area contributed by atoms with Crippen molar-refractivity contribution >= 4 is 17.8 Å². The van der Waals surface area contributed by atoms with E-state index in [0.717, 1.165) is 6.42 Å². The maximum absolute atomic E-state index is 11.7. The van der Waals surface area contributed by atoms with Gasteiger partial charge in [0.25, 0.3) is 0 Å². The van der Waals surface area contributed by atoms with Gasteiger partial charge in [-0.1, -0.05) is 0 Å². The molecule has 20 heavy (non-hydrogen) atoms. The van der Waals surface area contributed by atoms with E-state index in [0.29, 0.717) is 38.8 Å². The first-order valence-electron chi connectivity index (χ1n) is 7.27. The highest BCUT2D eigenvalue weighted by Gasteiger charge is 2.45. The van der Waals surface area contributed by atoms with Crippen molar-refractivity contribution in [3.8, 4) is 0 Å². The summed E-state index contributed by atoms with van der Waals surface area (Å²) in [5.74, 6) is -1.20. The van der Waals surface area contributed by atoms with E-state index in [1.165, 1.54) is 0 Å². The van der Waals surface area contributed by atoms with Crippen molar-refractivity contribution < 1.29 is 19.5 Å². The van der Waals surface area contributed by atoms with Crippen LogP contribution in [0.15, 0.2) is 0 Å². The molecular formula is C14H24N2O4. The van der Waals surface area contributed by atoms with Crippen LogP contribution in [0.2, 0.25) is 0 Å². The highest BCUT2D eigenvalue weighted by Crippen LogP contribution is 2.32. The van der Waals surface area contributed by atoms with E-state index in [2.05, 4.69) is 5.32 Å². The molecular weight excluding hydrogens is 260 g/mol. The van der Waals surface area contributed by atoms with Crippen LogP contribution >= 0.6 is 0 Å². The lowest BCUT2D eigenvalue weighted by Crippen LogP contribution is -2.59. The van der Waals surface area contributed by atoms with E-state index in [1.54, 1.807) is 4.90 Å². The molecule has 0 unspecified atom stereocenters. The van der Waals surface area contributed by atoms with Crippen molar-refractivity contribution in [2.75, 3.05) is 13.1 Å². The summed E-state index contributed by atoms with van der Waals surface area (Å²) in [7, 11) is 0. The number of carboxylic acids is 1. The summed E-state index contributed by atoms with van der Waals surface area (Å²) in [5, 5.41) is 11.7. The molecule has 2 N–H and O–H groups in total. The van der Waals surface area contributed by atoms with Crippen molar-refractivity contribution in [3.63, 3.8) is 0 Å². The molecule has 0 aliphatic heterocycles. The first-order chi connectivity index (χ1) is 9.45. The van der Waals surface area contributed by atoms with Crippen molar-refractivity contribution in [3.05, 3.63) is 0 Å². The molecule has 1 aliphatic carbocycles. The molecule has 1 saturated carbocycles. The number of carbonyl (C=O) groups is 3. The third-order valence-corrected chi connectivity index (χ3v) is 3.91. The minimum Gasteiger partial charge on any atom is -0.480 e. The lowest BCUT2D eigenvalue weighted by Gasteiger charge is -2.38. The molecule has 6 heteroatoms. The predicted molar refractivity (Wildman–Crippen MR) is 74.1 cm³/mol. The van der Waals surface area contributed by atoms with Crippen molar-refractivity contribution in [2.24, 2.45) is 0 Å². The number of nitrogens with zero attached hydrogens (tertiary/aromatic N) is 1. The Bertz CT molecular complexity index is 373. The SMILES string of the molecule is CCN(CC)C(=O)CCCC(=O)NC1(C(=O)O)CCC1. The zero-order valence-electron chi connectivity index (χ0n) is 12.3. The van der Waals surface area contributed by atoms with E-state index < -0.39 is 11.5 Å². The summed E-state index contributed by atoms with van der Waals surface area (Å²) in [4.78, 5) is 36.3. The van der Waals surface area contributed by atoms with Gasteiger partial charge in [-0.05, 0) is 39.5 Å². The largest absolute Gasteiger partial charge is 0.480 e. The standard InChI is InChI=1S/C14H24N2O4/c1-3-16(4-2)12(18)8-5-7-11(17)15-14(13(19)20)9-6-10-14/h3-10H2,1-2H3,(H,15,17)(H,19,20). The molecule has 2 amide bonds. The minimum absolute atomic E-state index is 0.0411. The Morgan fingerprint density at radius 3 is 2.15 bits per heavy atom. The lowest BCUT2D eigenvalue weighted by atomic mass is 9.76. The van der Waals surface area contributed by atoms with Gasteiger partial charge in [-0.25, -0.2) is 4.79 Å². The van der Waals surface area contributed by atoms with Gasteiger partial charge in [0.05, 0.1) is 0 Å². The maximum atomic E-state index is 11.7. The van der Waals surface area contributed by atoms with Crippen molar-refractivity contribution in [2.45, 2.75) is 57.9 Å². The molecule has 0 saturated heterocycles. The monoisotopic (exact) mass is 284 g/mol. The Balaban J connectivity index is 2.30. The molecule has 0 bridgehead atoms. The second kappa shape index (κ2) is 7.26. The average Bonchev–Trinajstić information content (AvgIpc) is 2.34. The van der Waals surface area contributed by atoms with Gasteiger partial charge in [-0.15, -0.1) is 0 Å². The molecule has 0 aromatic heterocycles. The molecule has 0 aromatic carbocycles. The molecule has 0 spiro atoms. The van der Waals surface area contributed by atoms with E-state index >= 15 is 0 Å². The number of rotatable bonds is 8. The third-order valence-electron chi connectivity index (χ3n) is 3.91. The quantitative estimate of drug-likeness (QED) is 0.700. The zero-order chi connectivity index (χ0) is 15.2. The second-order valence-corrected chi connectivity index (χ2v) is 5.21. The summed E-state index contributed by atoms with van der Waals surface area (Å²) in [6.45, 7) is 5.18. The topological polar surface area (TPSA) is 86.7 Å². The highest BCUT2D eigenvalue weighted by atomic mass is 16.4. The van der Waals surface area contributed by atoms with Gasteiger partial charge < -0.3 is 15.3 Å². The summed E-state index contributed by atoms with van der Waals surface area (Å²) >= 11 is 0. The molecule has 0 radical (unpaired) electrons. The predicted octanol–water partition coefficient (Wildman–Crippen LogP) is 1.15. The smallest absolute Gasteiger partial charge is 0.329 e. The van der Waals surface area contributed by atoms with Crippen LogP contribution in [0.4, 0.5) is 0 Å².